The minimum absolute atomic E-state index is 0.182. The van der Waals surface area contributed by atoms with E-state index in [2.05, 4.69) is 17.3 Å². The lowest BCUT2D eigenvalue weighted by Gasteiger charge is -2.32. The van der Waals surface area contributed by atoms with E-state index in [1.54, 1.807) is 0 Å². The summed E-state index contributed by atoms with van der Waals surface area (Å²) in [4.78, 5) is 16.1. The molecule has 1 N–H and O–H groups in total. The first-order valence-electron chi connectivity index (χ1n) is 6.01. The zero-order valence-electron chi connectivity index (χ0n) is 10.2. The quantitative estimate of drug-likeness (QED) is 0.841. The lowest BCUT2D eigenvalue weighted by atomic mass is 10.3. The van der Waals surface area contributed by atoms with Crippen LogP contribution < -0.4 is 5.32 Å². The monoisotopic (exact) mass is 233 g/mol. The second-order valence-electron chi connectivity index (χ2n) is 4.40. The Morgan fingerprint density at radius 2 is 1.82 bits per heavy atom. The van der Waals surface area contributed by atoms with Crippen LogP contribution >= 0.6 is 0 Å². The molecule has 17 heavy (non-hydrogen) atoms. The number of nitrogens with one attached hydrogen (secondary N) is 1. The van der Waals surface area contributed by atoms with Crippen molar-refractivity contribution < 1.29 is 4.79 Å². The van der Waals surface area contributed by atoms with Gasteiger partial charge in [-0.15, -0.1) is 0 Å². The Morgan fingerprint density at radius 1 is 1.18 bits per heavy atom. The molecule has 1 aliphatic heterocycles. The van der Waals surface area contributed by atoms with Gasteiger partial charge >= 0.3 is 0 Å². The number of para-hydroxylation sites is 1. The predicted molar refractivity (Wildman–Crippen MR) is 69.0 cm³/mol. The van der Waals surface area contributed by atoms with Crippen LogP contribution in [0.4, 0.5) is 5.69 Å². The maximum atomic E-state index is 11.9. The summed E-state index contributed by atoms with van der Waals surface area (Å²) in [5.41, 5.74) is 0.995. The Hall–Kier alpha value is -1.55. The third kappa shape index (κ3) is 3.46. The molecule has 0 atom stereocenters. The number of piperazine rings is 1. The highest BCUT2D eigenvalue weighted by Crippen LogP contribution is 2.05. The number of nitrogens with zero attached hydrogens (tertiary/aromatic N) is 2. The van der Waals surface area contributed by atoms with Crippen molar-refractivity contribution >= 4 is 11.6 Å². The van der Waals surface area contributed by atoms with Crippen LogP contribution in [0.5, 0.6) is 0 Å². The number of rotatable bonds is 3. The molecule has 92 valence electrons. The molecule has 0 aliphatic carbocycles. The SMILES string of the molecule is CN1CCN(C(=O)CNc2ccccc2)CC1. The van der Waals surface area contributed by atoms with Gasteiger partial charge in [0.15, 0.2) is 0 Å². The number of anilines is 1. The Morgan fingerprint density at radius 3 is 2.47 bits per heavy atom. The Labute approximate surface area is 102 Å². The molecular weight excluding hydrogens is 214 g/mol. The molecule has 1 aromatic carbocycles. The fourth-order valence-corrected chi connectivity index (χ4v) is 1.90. The van der Waals surface area contributed by atoms with Gasteiger partial charge in [-0.2, -0.15) is 0 Å². The van der Waals surface area contributed by atoms with Crippen LogP contribution in [0.25, 0.3) is 0 Å². The van der Waals surface area contributed by atoms with E-state index in [1.165, 1.54) is 0 Å². The van der Waals surface area contributed by atoms with Gasteiger partial charge in [0.25, 0.3) is 0 Å². The second-order valence-corrected chi connectivity index (χ2v) is 4.40. The number of likely N-dealkylation sites (N-methyl/N-ethyl adjacent to an activating group) is 1. The molecular formula is C13H19N3O. The van der Waals surface area contributed by atoms with Gasteiger partial charge in [0.2, 0.25) is 5.91 Å². The van der Waals surface area contributed by atoms with Crippen molar-refractivity contribution in [3.8, 4) is 0 Å². The summed E-state index contributed by atoms with van der Waals surface area (Å²) in [7, 11) is 2.09. The lowest BCUT2D eigenvalue weighted by molar-refractivity contribution is -0.130. The highest BCUT2D eigenvalue weighted by molar-refractivity contribution is 5.80. The third-order valence-corrected chi connectivity index (χ3v) is 3.07. The van der Waals surface area contributed by atoms with E-state index in [0.29, 0.717) is 6.54 Å². The van der Waals surface area contributed by atoms with Gasteiger partial charge in [0, 0.05) is 31.9 Å². The molecule has 0 saturated carbocycles. The first kappa shape index (κ1) is 11.9. The molecule has 1 saturated heterocycles. The van der Waals surface area contributed by atoms with Crippen LogP contribution in [-0.4, -0.2) is 55.5 Å². The van der Waals surface area contributed by atoms with E-state index in [-0.39, 0.29) is 5.91 Å². The van der Waals surface area contributed by atoms with Crippen LogP contribution in [0.15, 0.2) is 30.3 Å². The van der Waals surface area contributed by atoms with Crippen molar-refractivity contribution in [1.29, 1.82) is 0 Å². The number of carbonyl (C=O) groups excluding carboxylic acids is 1. The van der Waals surface area contributed by atoms with Crippen LogP contribution in [-0.2, 0) is 4.79 Å². The molecule has 2 rings (SSSR count). The minimum Gasteiger partial charge on any atom is -0.376 e. The van der Waals surface area contributed by atoms with E-state index >= 15 is 0 Å². The molecule has 0 spiro atoms. The molecule has 1 fully saturated rings. The van der Waals surface area contributed by atoms with E-state index < -0.39 is 0 Å². The molecule has 1 aliphatic rings. The molecule has 1 aromatic rings. The molecule has 0 radical (unpaired) electrons. The topological polar surface area (TPSA) is 35.6 Å². The molecule has 4 heteroatoms. The van der Waals surface area contributed by atoms with Gasteiger partial charge in [-0.05, 0) is 19.2 Å². The summed E-state index contributed by atoms with van der Waals surface area (Å²) >= 11 is 0. The summed E-state index contributed by atoms with van der Waals surface area (Å²) < 4.78 is 0. The third-order valence-electron chi connectivity index (χ3n) is 3.07. The van der Waals surface area contributed by atoms with Crippen molar-refractivity contribution in [3.63, 3.8) is 0 Å². The number of hydrogen-bond donors (Lipinski definition) is 1. The van der Waals surface area contributed by atoms with Crippen LogP contribution in [0.2, 0.25) is 0 Å². The van der Waals surface area contributed by atoms with Crippen molar-refractivity contribution in [2.45, 2.75) is 0 Å². The molecule has 1 heterocycles. The molecule has 1 amide bonds. The maximum Gasteiger partial charge on any atom is 0.241 e. The summed E-state index contributed by atoms with van der Waals surface area (Å²) in [5.74, 6) is 0.182. The van der Waals surface area contributed by atoms with Crippen molar-refractivity contribution in [2.24, 2.45) is 0 Å². The van der Waals surface area contributed by atoms with Crippen molar-refractivity contribution in [1.82, 2.24) is 9.80 Å². The van der Waals surface area contributed by atoms with Crippen LogP contribution in [0.3, 0.4) is 0 Å². The predicted octanol–water partition coefficient (Wildman–Crippen LogP) is 0.872. The smallest absolute Gasteiger partial charge is 0.241 e. The lowest BCUT2D eigenvalue weighted by Crippen LogP contribution is -2.48. The zero-order chi connectivity index (χ0) is 12.1. The van der Waals surface area contributed by atoms with Gasteiger partial charge in [-0.25, -0.2) is 0 Å². The second kappa shape index (κ2) is 5.68. The van der Waals surface area contributed by atoms with E-state index in [1.807, 2.05) is 35.2 Å². The normalized spacial score (nSPS) is 16.9. The Kier molecular flexibility index (Phi) is 3.98. The Bertz CT molecular complexity index is 358. The summed E-state index contributed by atoms with van der Waals surface area (Å²) in [5, 5.41) is 3.15. The highest BCUT2D eigenvalue weighted by Gasteiger charge is 2.18. The van der Waals surface area contributed by atoms with Gasteiger partial charge < -0.3 is 15.1 Å². The van der Waals surface area contributed by atoms with Crippen LogP contribution in [0.1, 0.15) is 0 Å². The van der Waals surface area contributed by atoms with Crippen molar-refractivity contribution in [2.75, 3.05) is 45.1 Å². The van der Waals surface area contributed by atoms with Gasteiger partial charge in [-0.1, -0.05) is 18.2 Å². The fraction of sp³-hybridized carbons (Fsp3) is 0.462. The standard InChI is InChI=1S/C13H19N3O/c1-15-7-9-16(10-8-15)13(17)11-14-12-5-3-2-4-6-12/h2-6,14H,7-11H2,1H3. The molecule has 0 unspecified atom stereocenters. The van der Waals surface area contributed by atoms with Crippen molar-refractivity contribution in [3.05, 3.63) is 30.3 Å². The van der Waals surface area contributed by atoms with Gasteiger partial charge in [0.1, 0.15) is 0 Å². The largest absolute Gasteiger partial charge is 0.376 e. The average molecular weight is 233 g/mol. The van der Waals surface area contributed by atoms with E-state index in [0.717, 1.165) is 31.9 Å². The average Bonchev–Trinajstić information content (AvgIpc) is 2.38. The number of benzene rings is 1. The summed E-state index contributed by atoms with van der Waals surface area (Å²) in [6.07, 6.45) is 0. The molecule has 0 bridgehead atoms. The van der Waals surface area contributed by atoms with Crippen LogP contribution in [0, 0.1) is 0 Å². The van der Waals surface area contributed by atoms with E-state index in [9.17, 15) is 4.79 Å². The Balaban J connectivity index is 1.78. The summed E-state index contributed by atoms with van der Waals surface area (Å²) in [6, 6.07) is 9.83. The van der Waals surface area contributed by atoms with E-state index in [4.69, 9.17) is 0 Å². The highest BCUT2D eigenvalue weighted by atomic mass is 16.2. The first-order chi connectivity index (χ1) is 8.25. The number of hydrogen-bond acceptors (Lipinski definition) is 3. The fourth-order valence-electron chi connectivity index (χ4n) is 1.90. The zero-order valence-corrected chi connectivity index (χ0v) is 10.2. The molecule has 0 aromatic heterocycles. The minimum atomic E-state index is 0.182. The maximum absolute atomic E-state index is 11.9. The number of carbonyl (C=O) groups is 1. The van der Waals surface area contributed by atoms with Gasteiger partial charge in [-0.3, -0.25) is 4.79 Å². The first-order valence-corrected chi connectivity index (χ1v) is 6.01. The number of amides is 1. The summed E-state index contributed by atoms with van der Waals surface area (Å²) in [6.45, 7) is 4.00. The van der Waals surface area contributed by atoms with Gasteiger partial charge in [0.05, 0.1) is 6.54 Å². The molecule has 4 nitrogen and oxygen atoms in total.